The van der Waals surface area contributed by atoms with Gasteiger partial charge in [-0.05, 0) is 54.5 Å². The van der Waals surface area contributed by atoms with Gasteiger partial charge in [0.25, 0.3) is 0 Å². The molecule has 3 N–H and O–H groups in total. The minimum atomic E-state index is -0.0654. The first-order valence-electron chi connectivity index (χ1n) is 11.7. The first-order chi connectivity index (χ1) is 16.0. The van der Waals surface area contributed by atoms with Gasteiger partial charge in [-0.3, -0.25) is 0 Å². The Hall–Kier alpha value is -3.24. The van der Waals surface area contributed by atoms with Crippen LogP contribution in [-0.4, -0.2) is 36.9 Å². The van der Waals surface area contributed by atoms with E-state index in [0.717, 1.165) is 41.8 Å². The van der Waals surface area contributed by atoms with Gasteiger partial charge < -0.3 is 20.6 Å². The highest BCUT2D eigenvalue weighted by molar-refractivity contribution is 5.74. The Morgan fingerprint density at radius 3 is 2.39 bits per heavy atom. The highest BCUT2D eigenvalue weighted by Crippen LogP contribution is 2.32. The predicted octanol–water partition coefficient (Wildman–Crippen LogP) is 5.21. The third-order valence-electron chi connectivity index (χ3n) is 6.09. The van der Waals surface area contributed by atoms with E-state index in [1.807, 2.05) is 25.2 Å². The van der Waals surface area contributed by atoms with Crippen LogP contribution in [0.5, 0.6) is 0 Å². The monoisotopic (exact) mass is 443 g/mol. The zero-order valence-corrected chi connectivity index (χ0v) is 20.4. The van der Waals surface area contributed by atoms with Crippen LogP contribution in [0.4, 0.5) is 0 Å². The summed E-state index contributed by atoms with van der Waals surface area (Å²) in [6, 6.07) is 8.82. The number of hydrogen-bond acceptors (Lipinski definition) is 4. The molecule has 0 saturated heterocycles. The average molecular weight is 444 g/mol. The number of nitrogens with one attached hydrogen (secondary N) is 2. The molecular formula is C29H37N3O. The van der Waals surface area contributed by atoms with Crippen molar-refractivity contribution in [3.63, 3.8) is 0 Å². The molecule has 1 atom stereocenters. The second-order valence-corrected chi connectivity index (χ2v) is 8.63. The van der Waals surface area contributed by atoms with E-state index in [4.69, 9.17) is 5.11 Å². The van der Waals surface area contributed by atoms with Crippen molar-refractivity contribution in [1.82, 2.24) is 15.5 Å². The zero-order valence-electron chi connectivity index (χ0n) is 20.4. The van der Waals surface area contributed by atoms with E-state index in [-0.39, 0.29) is 12.8 Å². The maximum atomic E-state index is 9.00. The highest BCUT2D eigenvalue weighted by atomic mass is 16.2. The van der Waals surface area contributed by atoms with Gasteiger partial charge in [0.1, 0.15) is 6.17 Å². The largest absolute Gasteiger partial charge is 0.392 e. The summed E-state index contributed by atoms with van der Waals surface area (Å²) in [7, 11) is 4.20. The summed E-state index contributed by atoms with van der Waals surface area (Å²) < 4.78 is 0. The predicted molar refractivity (Wildman–Crippen MR) is 140 cm³/mol. The Morgan fingerprint density at radius 1 is 1.09 bits per heavy atom. The molecule has 0 bridgehead atoms. The molecule has 2 aliphatic rings. The van der Waals surface area contributed by atoms with Gasteiger partial charge in [0.2, 0.25) is 0 Å². The molecule has 174 valence electrons. The van der Waals surface area contributed by atoms with Gasteiger partial charge in [0.05, 0.1) is 18.0 Å². The van der Waals surface area contributed by atoms with E-state index >= 15 is 0 Å². The van der Waals surface area contributed by atoms with Crippen LogP contribution in [0, 0.1) is 0 Å². The molecule has 1 aromatic carbocycles. The molecular weight excluding hydrogens is 406 g/mol. The third-order valence-corrected chi connectivity index (χ3v) is 6.09. The Bertz CT molecular complexity index is 1030. The van der Waals surface area contributed by atoms with Crippen molar-refractivity contribution in [3.8, 4) is 0 Å². The summed E-state index contributed by atoms with van der Waals surface area (Å²) in [6.45, 7) is 8.29. The van der Waals surface area contributed by atoms with Crippen molar-refractivity contribution < 1.29 is 5.11 Å². The summed E-state index contributed by atoms with van der Waals surface area (Å²) in [6.07, 6.45) is 17.1. The second-order valence-electron chi connectivity index (χ2n) is 8.63. The number of aliphatic hydroxyl groups excluding tert-OH is 1. The molecule has 33 heavy (non-hydrogen) atoms. The van der Waals surface area contributed by atoms with Crippen LogP contribution < -0.4 is 10.6 Å². The molecule has 0 radical (unpaired) electrons. The van der Waals surface area contributed by atoms with Crippen molar-refractivity contribution in [2.75, 3.05) is 20.7 Å². The molecule has 1 heterocycles. The van der Waals surface area contributed by atoms with E-state index in [1.165, 1.54) is 22.4 Å². The summed E-state index contributed by atoms with van der Waals surface area (Å²) in [4.78, 5) is 2.19. The Balaban J connectivity index is 1.95. The Morgan fingerprint density at radius 2 is 1.82 bits per heavy atom. The smallest absolute Gasteiger partial charge is 0.123 e. The van der Waals surface area contributed by atoms with Gasteiger partial charge in [-0.1, -0.05) is 79.8 Å². The molecule has 4 nitrogen and oxygen atoms in total. The summed E-state index contributed by atoms with van der Waals surface area (Å²) in [5, 5.41) is 16.4. The lowest BCUT2D eigenvalue weighted by Crippen LogP contribution is -2.34. The van der Waals surface area contributed by atoms with E-state index < -0.39 is 0 Å². The van der Waals surface area contributed by atoms with Crippen LogP contribution in [0.3, 0.4) is 0 Å². The van der Waals surface area contributed by atoms with Crippen molar-refractivity contribution >= 4 is 5.70 Å². The fraction of sp³-hybridized carbons (Fsp3) is 0.310. The third kappa shape index (κ3) is 6.17. The molecule has 1 aromatic rings. The fourth-order valence-corrected chi connectivity index (χ4v) is 4.03. The number of aryl methyl sites for hydroxylation is 1. The molecule has 0 aromatic heterocycles. The molecule has 3 rings (SSSR count). The van der Waals surface area contributed by atoms with E-state index in [1.54, 1.807) is 6.08 Å². The zero-order chi connectivity index (χ0) is 23.8. The average Bonchev–Trinajstić information content (AvgIpc) is 3.28. The van der Waals surface area contributed by atoms with Crippen LogP contribution >= 0.6 is 0 Å². The first kappa shape index (κ1) is 24.4. The number of allylic oxidation sites excluding steroid dienone is 8. The quantitative estimate of drug-likeness (QED) is 0.459. The lowest BCUT2D eigenvalue weighted by Gasteiger charge is -2.22. The summed E-state index contributed by atoms with van der Waals surface area (Å²) >= 11 is 0. The van der Waals surface area contributed by atoms with Gasteiger partial charge in [-0.25, -0.2) is 0 Å². The molecule has 0 spiro atoms. The van der Waals surface area contributed by atoms with Crippen molar-refractivity contribution in [2.45, 2.75) is 39.3 Å². The number of rotatable bonds is 9. The van der Waals surface area contributed by atoms with E-state index in [2.05, 4.69) is 85.6 Å². The highest BCUT2D eigenvalue weighted by Gasteiger charge is 2.27. The summed E-state index contributed by atoms with van der Waals surface area (Å²) in [5.41, 5.74) is 9.59. The van der Waals surface area contributed by atoms with Crippen molar-refractivity contribution in [2.24, 2.45) is 0 Å². The molecule has 1 aliphatic heterocycles. The van der Waals surface area contributed by atoms with Crippen LogP contribution in [-0.2, 0) is 6.42 Å². The second kappa shape index (κ2) is 11.6. The molecule has 1 unspecified atom stereocenters. The van der Waals surface area contributed by atoms with Crippen molar-refractivity contribution in [3.05, 3.63) is 113 Å². The van der Waals surface area contributed by atoms with E-state index in [0.29, 0.717) is 0 Å². The van der Waals surface area contributed by atoms with Gasteiger partial charge in [-0.15, -0.1) is 0 Å². The molecule has 1 aliphatic carbocycles. The molecule has 0 saturated carbocycles. The normalized spacial score (nSPS) is 19.2. The molecule has 4 heteroatoms. The lowest BCUT2D eigenvalue weighted by atomic mass is 9.96. The van der Waals surface area contributed by atoms with Gasteiger partial charge >= 0.3 is 0 Å². The maximum absolute atomic E-state index is 9.00. The maximum Gasteiger partial charge on any atom is 0.123 e. The standard InChI is InChI=1S/C29H37N3O/c1-6-22-11-14-24(15-12-22)27-28(25-16-18-26(19-17-25)32(4)5)31-29(30-27)23(7-2)13-10-21(3)9-8-20-33/h7-16,18,29-31,33H,2,6,17,19-20H2,1,3-5H3/b9-8+,21-10+,23-13+. The molecule has 0 fully saturated rings. The topological polar surface area (TPSA) is 47.5 Å². The summed E-state index contributed by atoms with van der Waals surface area (Å²) in [5.74, 6) is 0. The van der Waals surface area contributed by atoms with Gasteiger partial charge in [-0.2, -0.15) is 0 Å². The minimum Gasteiger partial charge on any atom is -0.392 e. The lowest BCUT2D eigenvalue weighted by molar-refractivity contribution is 0.342. The van der Waals surface area contributed by atoms with Crippen molar-refractivity contribution in [1.29, 1.82) is 0 Å². The minimum absolute atomic E-state index is 0.0432. The Kier molecular flexibility index (Phi) is 8.56. The molecule has 0 amide bonds. The number of hydrogen-bond donors (Lipinski definition) is 3. The number of nitrogens with zero attached hydrogens (tertiary/aromatic N) is 1. The first-order valence-corrected chi connectivity index (χ1v) is 11.7. The SMILES string of the molecule is C=C\C(=C/C=C(C)/C=C/CO)C1NC(C2=CC=C(N(C)C)CC2)=C(c2ccc(CC)cc2)N1. The van der Waals surface area contributed by atoms with Gasteiger partial charge in [0, 0.05) is 19.8 Å². The van der Waals surface area contributed by atoms with Crippen LogP contribution in [0.2, 0.25) is 0 Å². The van der Waals surface area contributed by atoms with Crippen LogP contribution in [0.1, 0.15) is 37.8 Å². The van der Waals surface area contributed by atoms with Crippen LogP contribution in [0.15, 0.2) is 101 Å². The van der Waals surface area contributed by atoms with E-state index in [9.17, 15) is 0 Å². The van der Waals surface area contributed by atoms with Crippen LogP contribution in [0.25, 0.3) is 5.70 Å². The number of aliphatic hydroxyl groups is 1. The Labute approximate surface area is 199 Å². The number of benzene rings is 1. The van der Waals surface area contributed by atoms with Gasteiger partial charge in [0.15, 0.2) is 0 Å². The fourth-order valence-electron chi connectivity index (χ4n) is 4.03.